The molecule has 24 heavy (non-hydrogen) atoms. The van der Waals surface area contributed by atoms with E-state index in [1.54, 1.807) is 0 Å². The second-order valence-electron chi connectivity index (χ2n) is 6.16. The molecule has 0 aliphatic carbocycles. The van der Waals surface area contributed by atoms with Crippen LogP contribution in [0.5, 0.6) is 5.75 Å². The summed E-state index contributed by atoms with van der Waals surface area (Å²) in [5, 5.41) is 4.30. The molecule has 0 spiro atoms. The third kappa shape index (κ3) is 5.88. The normalized spacial score (nSPS) is 11.4. The van der Waals surface area contributed by atoms with Crippen molar-refractivity contribution in [1.29, 1.82) is 0 Å². The first-order valence-corrected chi connectivity index (χ1v) is 8.15. The standard InChI is InChI=1S/C20H24N2O2/c1-15(2)12-19(17-9-5-4-6-10-17)21-22-20(23)14-24-18-11-7-8-16(3)13-18/h4-11,13,15H,12,14H2,1-3H3,(H,22,23)/b21-19-. The van der Waals surface area contributed by atoms with Gasteiger partial charge in [-0.05, 0) is 42.5 Å². The number of benzene rings is 2. The van der Waals surface area contributed by atoms with Crippen LogP contribution < -0.4 is 10.2 Å². The largest absolute Gasteiger partial charge is 0.484 e. The van der Waals surface area contributed by atoms with Gasteiger partial charge in [-0.3, -0.25) is 4.79 Å². The topological polar surface area (TPSA) is 50.7 Å². The molecular formula is C20H24N2O2. The number of rotatable bonds is 7. The Morgan fingerprint density at radius 1 is 1.12 bits per heavy atom. The predicted molar refractivity (Wildman–Crippen MR) is 97.3 cm³/mol. The monoisotopic (exact) mass is 324 g/mol. The van der Waals surface area contributed by atoms with Crippen molar-refractivity contribution in [2.45, 2.75) is 27.2 Å². The van der Waals surface area contributed by atoms with Gasteiger partial charge in [0.05, 0.1) is 5.71 Å². The first kappa shape index (κ1) is 17.7. The Labute approximate surface area is 143 Å². The van der Waals surface area contributed by atoms with E-state index in [0.29, 0.717) is 11.7 Å². The number of hydrogen-bond donors (Lipinski definition) is 1. The number of carbonyl (C=O) groups excluding carboxylic acids is 1. The summed E-state index contributed by atoms with van der Waals surface area (Å²) >= 11 is 0. The summed E-state index contributed by atoms with van der Waals surface area (Å²) in [7, 11) is 0. The van der Waals surface area contributed by atoms with E-state index < -0.39 is 0 Å². The average Bonchev–Trinajstić information content (AvgIpc) is 2.57. The Hall–Kier alpha value is -2.62. The number of ether oxygens (including phenoxy) is 1. The zero-order chi connectivity index (χ0) is 17.4. The molecule has 0 aliphatic heterocycles. The maximum absolute atomic E-state index is 12.0. The molecule has 0 saturated heterocycles. The highest BCUT2D eigenvalue weighted by atomic mass is 16.5. The molecule has 1 amide bonds. The lowest BCUT2D eigenvalue weighted by molar-refractivity contribution is -0.123. The van der Waals surface area contributed by atoms with Crippen LogP contribution in [0.2, 0.25) is 0 Å². The minimum absolute atomic E-state index is 0.0588. The van der Waals surface area contributed by atoms with Crippen molar-refractivity contribution in [1.82, 2.24) is 5.43 Å². The minimum Gasteiger partial charge on any atom is -0.484 e. The van der Waals surface area contributed by atoms with Gasteiger partial charge in [-0.1, -0.05) is 56.3 Å². The Bertz CT molecular complexity index is 694. The average molecular weight is 324 g/mol. The van der Waals surface area contributed by atoms with Crippen molar-refractivity contribution < 1.29 is 9.53 Å². The Kier molecular flexibility index (Phi) is 6.55. The van der Waals surface area contributed by atoms with E-state index in [4.69, 9.17) is 4.74 Å². The summed E-state index contributed by atoms with van der Waals surface area (Å²) in [4.78, 5) is 12.0. The molecule has 0 unspecified atom stereocenters. The summed E-state index contributed by atoms with van der Waals surface area (Å²) in [6.45, 7) is 6.17. The molecule has 0 aromatic heterocycles. The number of nitrogens with one attached hydrogen (secondary N) is 1. The summed E-state index contributed by atoms with van der Waals surface area (Å²) in [5.74, 6) is 0.859. The number of hydrogen-bond acceptors (Lipinski definition) is 3. The molecule has 0 aliphatic rings. The van der Waals surface area contributed by atoms with Crippen LogP contribution in [-0.4, -0.2) is 18.2 Å². The summed E-state index contributed by atoms with van der Waals surface area (Å²) < 4.78 is 5.49. The molecule has 0 saturated carbocycles. The number of nitrogens with zero attached hydrogens (tertiary/aromatic N) is 1. The zero-order valence-electron chi connectivity index (χ0n) is 14.5. The van der Waals surface area contributed by atoms with Crippen LogP contribution in [0.15, 0.2) is 59.7 Å². The van der Waals surface area contributed by atoms with Crippen LogP contribution in [0.25, 0.3) is 0 Å². The van der Waals surface area contributed by atoms with Crippen molar-refractivity contribution in [2.75, 3.05) is 6.61 Å². The maximum Gasteiger partial charge on any atom is 0.277 e. The minimum atomic E-state index is -0.270. The molecule has 0 fully saturated rings. The van der Waals surface area contributed by atoms with E-state index in [9.17, 15) is 4.79 Å². The van der Waals surface area contributed by atoms with Crippen LogP contribution >= 0.6 is 0 Å². The smallest absolute Gasteiger partial charge is 0.277 e. The highest BCUT2D eigenvalue weighted by Gasteiger charge is 2.08. The number of hydrazone groups is 1. The molecule has 0 atom stereocenters. The maximum atomic E-state index is 12.0. The fraction of sp³-hybridized carbons (Fsp3) is 0.300. The van der Waals surface area contributed by atoms with Gasteiger partial charge in [0.25, 0.3) is 5.91 Å². The Balaban J connectivity index is 1.96. The fourth-order valence-corrected chi connectivity index (χ4v) is 2.26. The van der Waals surface area contributed by atoms with Gasteiger partial charge in [-0.2, -0.15) is 5.10 Å². The summed E-state index contributed by atoms with van der Waals surface area (Å²) in [6, 6.07) is 17.5. The summed E-state index contributed by atoms with van der Waals surface area (Å²) in [6.07, 6.45) is 0.795. The van der Waals surface area contributed by atoms with Crippen molar-refractivity contribution in [3.05, 3.63) is 65.7 Å². The first-order chi connectivity index (χ1) is 11.5. The molecule has 0 bridgehead atoms. The second kappa shape index (κ2) is 8.87. The first-order valence-electron chi connectivity index (χ1n) is 8.15. The number of amides is 1. The van der Waals surface area contributed by atoms with Gasteiger partial charge in [0.2, 0.25) is 0 Å². The molecule has 126 valence electrons. The number of carbonyl (C=O) groups is 1. The Morgan fingerprint density at radius 2 is 1.88 bits per heavy atom. The van der Waals surface area contributed by atoms with Crippen LogP contribution in [-0.2, 0) is 4.79 Å². The van der Waals surface area contributed by atoms with E-state index in [-0.39, 0.29) is 12.5 Å². The molecule has 0 heterocycles. The number of aryl methyl sites for hydroxylation is 1. The van der Waals surface area contributed by atoms with Crippen molar-refractivity contribution in [2.24, 2.45) is 11.0 Å². The molecule has 0 radical (unpaired) electrons. The van der Waals surface area contributed by atoms with Gasteiger partial charge >= 0.3 is 0 Å². The molecular weight excluding hydrogens is 300 g/mol. The van der Waals surface area contributed by atoms with E-state index >= 15 is 0 Å². The third-order valence-electron chi connectivity index (χ3n) is 3.38. The van der Waals surface area contributed by atoms with Crippen LogP contribution in [0, 0.1) is 12.8 Å². The molecule has 1 N–H and O–H groups in total. The van der Waals surface area contributed by atoms with Crippen LogP contribution in [0.1, 0.15) is 31.4 Å². The van der Waals surface area contributed by atoms with E-state index in [1.165, 1.54) is 0 Å². The second-order valence-corrected chi connectivity index (χ2v) is 6.16. The summed E-state index contributed by atoms with van der Waals surface area (Å²) in [5.41, 5.74) is 5.58. The lowest BCUT2D eigenvalue weighted by atomic mass is 10.0. The molecule has 2 aromatic rings. The molecule has 2 aromatic carbocycles. The van der Waals surface area contributed by atoms with Crippen LogP contribution in [0.4, 0.5) is 0 Å². The van der Waals surface area contributed by atoms with Crippen molar-refractivity contribution in [3.63, 3.8) is 0 Å². The van der Waals surface area contributed by atoms with Crippen molar-refractivity contribution in [3.8, 4) is 5.75 Å². The Morgan fingerprint density at radius 3 is 2.54 bits per heavy atom. The predicted octanol–water partition coefficient (Wildman–Crippen LogP) is 3.94. The lowest BCUT2D eigenvalue weighted by Crippen LogP contribution is -2.26. The molecule has 4 heteroatoms. The highest BCUT2D eigenvalue weighted by molar-refractivity contribution is 6.01. The van der Waals surface area contributed by atoms with Crippen molar-refractivity contribution >= 4 is 11.6 Å². The van der Waals surface area contributed by atoms with Gasteiger partial charge in [0.1, 0.15) is 5.75 Å². The quantitative estimate of drug-likeness (QED) is 0.619. The molecule has 4 nitrogen and oxygen atoms in total. The van der Waals surface area contributed by atoms with Crippen LogP contribution in [0.3, 0.4) is 0 Å². The van der Waals surface area contributed by atoms with E-state index in [2.05, 4.69) is 24.4 Å². The van der Waals surface area contributed by atoms with Gasteiger partial charge in [0, 0.05) is 0 Å². The highest BCUT2D eigenvalue weighted by Crippen LogP contribution is 2.12. The third-order valence-corrected chi connectivity index (χ3v) is 3.38. The fourth-order valence-electron chi connectivity index (χ4n) is 2.26. The van der Waals surface area contributed by atoms with E-state index in [1.807, 2.05) is 61.5 Å². The van der Waals surface area contributed by atoms with Gasteiger partial charge in [0.15, 0.2) is 6.61 Å². The SMILES string of the molecule is Cc1cccc(OCC(=O)N/N=C(/CC(C)C)c2ccccc2)c1. The lowest BCUT2D eigenvalue weighted by Gasteiger charge is -2.10. The van der Waals surface area contributed by atoms with E-state index in [0.717, 1.165) is 23.3 Å². The van der Waals surface area contributed by atoms with Gasteiger partial charge < -0.3 is 4.74 Å². The van der Waals surface area contributed by atoms with Gasteiger partial charge in [-0.15, -0.1) is 0 Å². The van der Waals surface area contributed by atoms with Gasteiger partial charge in [-0.25, -0.2) is 5.43 Å². The zero-order valence-corrected chi connectivity index (χ0v) is 14.5. The molecule has 2 rings (SSSR count).